The molecule has 16 heavy (non-hydrogen) atoms. The van der Waals surface area contributed by atoms with Gasteiger partial charge in [0.15, 0.2) is 0 Å². The van der Waals surface area contributed by atoms with Crippen LogP contribution in [-0.2, 0) is 0 Å². The second-order valence-corrected chi connectivity index (χ2v) is 3.61. The summed E-state index contributed by atoms with van der Waals surface area (Å²) < 4.78 is 0. The SMILES string of the molecule is CCN(N)c1cc(N(C)C)ccc1[N+](=O)[O-]. The Morgan fingerprint density at radius 1 is 1.44 bits per heavy atom. The van der Waals surface area contributed by atoms with Crippen LogP contribution in [0.3, 0.4) is 0 Å². The molecule has 6 heteroatoms. The summed E-state index contributed by atoms with van der Waals surface area (Å²) in [6.07, 6.45) is 0. The molecule has 0 amide bonds. The first-order chi connectivity index (χ1) is 7.47. The molecule has 1 rings (SSSR count). The van der Waals surface area contributed by atoms with Gasteiger partial charge in [-0.1, -0.05) is 0 Å². The number of nitrogens with zero attached hydrogens (tertiary/aromatic N) is 3. The van der Waals surface area contributed by atoms with E-state index in [1.165, 1.54) is 11.1 Å². The third kappa shape index (κ3) is 2.40. The molecule has 0 aliphatic heterocycles. The average Bonchev–Trinajstić information content (AvgIpc) is 2.26. The number of hydrogen-bond donors (Lipinski definition) is 1. The second-order valence-electron chi connectivity index (χ2n) is 3.61. The van der Waals surface area contributed by atoms with Gasteiger partial charge in [0.05, 0.1) is 4.92 Å². The molecule has 1 aromatic rings. The van der Waals surface area contributed by atoms with Crippen LogP contribution in [0.4, 0.5) is 17.1 Å². The largest absolute Gasteiger partial charge is 0.378 e. The Hall–Kier alpha value is -1.82. The third-order valence-corrected chi connectivity index (χ3v) is 2.32. The lowest BCUT2D eigenvalue weighted by atomic mass is 10.2. The van der Waals surface area contributed by atoms with Gasteiger partial charge in [-0.05, 0) is 19.1 Å². The van der Waals surface area contributed by atoms with Gasteiger partial charge in [0.25, 0.3) is 5.69 Å². The third-order valence-electron chi connectivity index (χ3n) is 2.32. The van der Waals surface area contributed by atoms with Crippen molar-refractivity contribution in [2.75, 3.05) is 30.5 Å². The number of nitrogens with two attached hydrogens (primary N) is 1. The molecule has 0 heterocycles. The van der Waals surface area contributed by atoms with Crippen LogP contribution in [0.5, 0.6) is 0 Å². The highest BCUT2D eigenvalue weighted by Crippen LogP contribution is 2.30. The van der Waals surface area contributed by atoms with Crippen molar-refractivity contribution in [3.05, 3.63) is 28.3 Å². The first kappa shape index (κ1) is 12.3. The number of nitro benzene ring substituents is 1. The highest BCUT2D eigenvalue weighted by atomic mass is 16.6. The van der Waals surface area contributed by atoms with E-state index >= 15 is 0 Å². The Labute approximate surface area is 94.4 Å². The molecule has 0 saturated carbocycles. The number of benzene rings is 1. The van der Waals surface area contributed by atoms with Crippen molar-refractivity contribution >= 4 is 17.1 Å². The standard InChI is InChI=1S/C10H16N4O2/c1-4-13(11)10-7-8(12(2)3)5-6-9(10)14(15)16/h5-7H,4,11H2,1-3H3. The maximum atomic E-state index is 10.8. The van der Waals surface area contributed by atoms with Gasteiger partial charge in [-0.15, -0.1) is 0 Å². The van der Waals surface area contributed by atoms with Crippen molar-refractivity contribution in [1.82, 2.24) is 0 Å². The van der Waals surface area contributed by atoms with Crippen molar-refractivity contribution in [2.45, 2.75) is 6.92 Å². The van der Waals surface area contributed by atoms with Gasteiger partial charge in [0, 0.05) is 32.4 Å². The summed E-state index contributed by atoms with van der Waals surface area (Å²) in [5.74, 6) is 5.71. The molecule has 0 aliphatic carbocycles. The van der Waals surface area contributed by atoms with Gasteiger partial charge in [-0.3, -0.25) is 10.1 Å². The molecule has 0 atom stereocenters. The van der Waals surface area contributed by atoms with Gasteiger partial charge >= 0.3 is 0 Å². The zero-order valence-electron chi connectivity index (χ0n) is 9.67. The first-order valence-corrected chi connectivity index (χ1v) is 4.95. The van der Waals surface area contributed by atoms with Crippen molar-refractivity contribution in [1.29, 1.82) is 0 Å². The Morgan fingerprint density at radius 3 is 2.50 bits per heavy atom. The molecule has 0 spiro atoms. The molecule has 6 nitrogen and oxygen atoms in total. The summed E-state index contributed by atoms with van der Waals surface area (Å²) in [7, 11) is 3.75. The summed E-state index contributed by atoms with van der Waals surface area (Å²) >= 11 is 0. The van der Waals surface area contributed by atoms with Crippen LogP contribution in [0.25, 0.3) is 0 Å². The molecule has 0 aliphatic rings. The zero-order chi connectivity index (χ0) is 12.3. The normalized spacial score (nSPS) is 10.0. The minimum Gasteiger partial charge on any atom is -0.378 e. The van der Waals surface area contributed by atoms with Crippen molar-refractivity contribution in [3.8, 4) is 0 Å². The Kier molecular flexibility index (Phi) is 3.68. The number of hydrazine groups is 1. The quantitative estimate of drug-likeness (QED) is 0.475. The van der Waals surface area contributed by atoms with Crippen LogP contribution in [0.1, 0.15) is 6.92 Å². The summed E-state index contributed by atoms with van der Waals surface area (Å²) in [5.41, 5.74) is 1.33. The van der Waals surface area contributed by atoms with Crippen molar-refractivity contribution < 1.29 is 4.92 Å². The minimum absolute atomic E-state index is 0.0231. The van der Waals surface area contributed by atoms with E-state index in [2.05, 4.69) is 0 Å². The van der Waals surface area contributed by atoms with E-state index in [0.717, 1.165) is 5.69 Å². The molecular formula is C10H16N4O2. The highest BCUT2D eigenvalue weighted by Gasteiger charge is 2.17. The van der Waals surface area contributed by atoms with Gasteiger partial charge < -0.3 is 9.91 Å². The maximum Gasteiger partial charge on any atom is 0.294 e. The van der Waals surface area contributed by atoms with Gasteiger partial charge in [-0.2, -0.15) is 0 Å². The number of rotatable bonds is 4. The average molecular weight is 224 g/mol. The van der Waals surface area contributed by atoms with E-state index < -0.39 is 4.92 Å². The van der Waals surface area contributed by atoms with Crippen LogP contribution < -0.4 is 15.8 Å². The van der Waals surface area contributed by atoms with E-state index in [9.17, 15) is 10.1 Å². The molecule has 2 N–H and O–H groups in total. The first-order valence-electron chi connectivity index (χ1n) is 4.95. The zero-order valence-corrected chi connectivity index (χ0v) is 9.67. The lowest BCUT2D eigenvalue weighted by Gasteiger charge is -2.19. The highest BCUT2D eigenvalue weighted by molar-refractivity contribution is 5.69. The van der Waals surface area contributed by atoms with Crippen LogP contribution in [0.2, 0.25) is 0 Å². The number of hydrogen-bond acceptors (Lipinski definition) is 5. The number of nitro groups is 1. The predicted molar refractivity (Wildman–Crippen MR) is 64.6 cm³/mol. The van der Waals surface area contributed by atoms with E-state index in [-0.39, 0.29) is 5.69 Å². The molecule has 1 aromatic carbocycles. The molecular weight excluding hydrogens is 208 g/mol. The molecule has 0 fully saturated rings. The van der Waals surface area contributed by atoms with E-state index in [0.29, 0.717) is 12.2 Å². The minimum atomic E-state index is -0.426. The molecule has 0 unspecified atom stereocenters. The van der Waals surface area contributed by atoms with E-state index in [4.69, 9.17) is 5.84 Å². The Bertz CT molecular complexity index is 392. The molecule has 0 saturated heterocycles. The smallest absolute Gasteiger partial charge is 0.294 e. The fraction of sp³-hybridized carbons (Fsp3) is 0.400. The van der Waals surface area contributed by atoms with Crippen LogP contribution in [0.15, 0.2) is 18.2 Å². The van der Waals surface area contributed by atoms with Crippen molar-refractivity contribution in [3.63, 3.8) is 0 Å². The molecule has 0 radical (unpaired) electrons. The lowest BCUT2D eigenvalue weighted by Crippen LogP contribution is -2.31. The second kappa shape index (κ2) is 4.80. The fourth-order valence-corrected chi connectivity index (χ4v) is 1.34. The Morgan fingerprint density at radius 2 is 2.06 bits per heavy atom. The molecule has 0 aromatic heterocycles. The van der Waals surface area contributed by atoms with Crippen LogP contribution in [-0.4, -0.2) is 25.6 Å². The van der Waals surface area contributed by atoms with Gasteiger partial charge in [0.2, 0.25) is 0 Å². The monoisotopic (exact) mass is 224 g/mol. The fourth-order valence-electron chi connectivity index (χ4n) is 1.34. The van der Waals surface area contributed by atoms with Gasteiger partial charge in [0.1, 0.15) is 5.69 Å². The molecule has 0 bridgehead atoms. The molecule has 88 valence electrons. The number of anilines is 2. The summed E-state index contributed by atoms with van der Waals surface area (Å²) in [6, 6.07) is 4.88. The summed E-state index contributed by atoms with van der Waals surface area (Å²) in [4.78, 5) is 12.3. The Balaban J connectivity index is 3.26. The summed E-state index contributed by atoms with van der Waals surface area (Å²) in [6.45, 7) is 2.35. The lowest BCUT2D eigenvalue weighted by molar-refractivity contribution is -0.384. The van der Waals surface area contributed by atoms with E-state index in [1.54, 1.807) is 12.1 Å². The maximum absolute atomic E-state index is 10.8. The predicted octanol–water partition coefficient (Wildman–Crippen LogP) is 1.36. The van der Waals surface area contributed by atoms with Crippen LogP contribution >= 0.6 is 0 Å². The topological polar surface area (TPSA) is 75.6 Å². The van der Waals surface area contributed by atoms with E-state index in [1.807, 2.05) is 25.9 Å². The van der Waals surface area contributed by atoms with Gasteiger partial charge in [-0.25, -0.2) is 5.84 Å². The summed E-state index contributed by atoms with van der Waals surface area (Å²) in [5, 5.41) is 12.2. The van der Waals surface area contributed by atoms with Crippen LogP contribution in [0, 0.1) is 10.1 Å². The van der Waals surface area contributed by atoms with Crippen molar-refractivity contribution in [2.24, 2.45) is 5.84 Å².